The maximum atomic E-state index is 13.1. The number of nitrogens with zero attached hydrogens (tertiary/aromatic N) is 2. The van der Waals surface area contributed by atoms with Crippen LogP contribution >= 0.6 is 0 Å². The van der Waals surface area contributed by atoms with Crippen molar-refractivity contribution >= 4 is 11.6 Å². The van der Waals surface area contributed by atoms with Crippen molar-refractivity contribution in [2.45, 2.75) is 32.5 Å². The number of hydrogen-bond donors (Lipinski definition) is 1. The summed E-state index contributed by atoms with van der Waals surface area (Å²) < 4.78 is 18.8. The quantitative estimate of drug-likeness (QED) is 0.828. The van der Waals surface area contributed by atoms with Crippen LogP contribution < -0.4 is 10.1 Å². The molecule has 0 spiro atoms. The van der Waals surface area contributed by atoms with Crippen LogP contribution in [0.2, 0.25) is 0 Å². The monoisotopic (exact) mass is 385 g/mol. The van der Waals surface area contributed by atoms with E-state index in [2.05, 4.69) is 24.1 Å². The average molecular weight is 385 g/mol. The minimum absolute atomic E-state index is 0.00403. The number of benzene rings is 2. The Kier molecular flexibility index (Phi) is 6.52. The van der Waals surface area contributed by atoms with Gasteiger partial charge in [-0.3, -0.25) is 9.69 Å². The summed E-state index contributed by atoms with van der Waals surface area (Å²) in [6.45, 7) is 6.39. The number of piperazine rings is 1. The molecule has 2 unspecified atom stereocenters. The second-order valence-corrected chi connectivity index (χ2v) is 7.37. The molecule has 2 aromatic carbocycles. The highest BCUT2D eigenvalue weighted by molar-refractivity contribution is 5.78. The van der Waals surface area contributed by atoms with Crippen LogP contribution in [0.5, 0.6) is 5.75 Å². The summed E-state index contributed by atoms with van der Waals surface area (Å²) in [7, 11) is 1.85. The first-order valence-corrected chi connectivity index (χ1v) is 9.65. The van der Waals surface area contributed by atoms with Crippen LogP contribution in [0.4, 0.5) is 10.1 Å². The molecule has 1 fully saturated rings. The van der Waals surface area contributed by atoms with Gasteiger partial charge in [0.1, 0.15) is 11.6 Å². The molecular formula is C22H28FN3O2. The number of hydrogen-bond acceptors (Lipinski definition) is 4. The molecule has 0 aromatic heterocycles. The largest absolute Gasteiger partial charge is 0.484 e. The molecule has 1 aliphatic rings. The van der Waals surface area contributed by atoms with Gasteiger partial charge in [0.25, 0.3) is 5.91 Å². The first-order valence-electron chi connectivity index (χ1n) is 9.65. The first kappa shape index (κ1) is 20.1. The Balaban J connectivity index is 1.55. The molecular weight excluding hydrogens is 357 g/mol. The number of amides is 1. The molecule has 1 heterocycles. The number of ether oxygens (including phenoxy) is 1. The fraction of sp³-hybridized carbons (Fsp3) is 0.409. The minimum atomic E-state index is -0.221. The molecule has 1 N–H and O–H groups in total. The summed E-state index contributed by atoms with van der Waals surface area (Å²) in [4.78, 5) is 16.9. The van der Waals surface area contributed by atoms with Crippen LogP contribution in [0.15, 0.2) is 48.5 Å². The zero-order valence-electron chi connectivity index (χ0n) is 16.7. The number of carbonyl (C=O) groups is 1. The maximum Gasteiger partial charge on any atom is 0.260 e. The molecule has 5 nitrogen and oxygen atoms in total. The van der Waals surface area contributed by atoms with Gasteiger partial charge in [-0.05, 0) is 43.7 Å². The molecule has 1 aliphatic heterocycles. The summed E-state index contributed by atoms with van der Waals surface area (Å²) in [5.74, 6) is 0.451. The van der Waals surface area contributed by atoms with Gasteiger partial charge in [0.2, 0.25) is 0 Å². The summed E-state index contributed by atoms with van der Waals surface area (Å²) in [5.41, 5.74) is 2.02. The molecule has 2 atom stereocenters. The van der Waals surface area contributed by atoms with E-state index < -0.39 is 0 Å². The zero-order chi connectivity index (χ0) is 20.1. The van der Waals surface area contributed by atoms with Crippen molar-refractivity contribution in [2.75, 3.05) is 32.1 Å². The molecule has 0 radical (unpaired) electrons. The van der Waals surface area contributed by atoms with Crippen molar-refractivity contribution < 1.29 is 13.9 Å². The standard InChI is InChI=1S/C22H28FN3O2/c1-16-13-26(22(27)15-28-21-6-4-5-20(11-21)24-3)17(2)12-25(16)14-18-7-9-19(23)10-8-18/h4-11,16-17,24H,12-15H2,1-3H3. The molecule has 1 amide bonds. The van der Waals surface area contributed by atoms with Crippen molar-refractivity contribution in [2.24, 2.45) is 0 Å². The number of anilines is 1. The number of halogens is 1. The Morgan fingerprint density at radius 2 is 1.89 bits per heavy atom. The van der Waals surface area contributed by atoms with Crippen molar-refractivity contribution in [3.8, 4) is 5.75 Å². The fourth-order valence-electron chi connectivity index (χ4n) is 3.56. The van der Waals surface area contributed by atoms with Crippen molar-refractivity contribution in [1.29, 1.82) is 0 Å². The summed E-state index contributed by atoms with van der Waals surface area (Å²) in [6, 6.07) is 14.5. The summed E-state index contributed by atoms with van der Waals surface area (Å²) in [5, 5.41) is 3.06. The maximum absolute atomic E-state index is 13.1. The van der Waals surface area contributed by atoms with E-state index in [0.29, 0.717) is 12.3 Å². The van der Waals surface area contributed by atoms with Crippen molar-refractivity contribution in [1.82, 2.24) is 9.80 Å². The lowest BCUT2D eigenvalue weighted by Gasteiger charge is -2.44. The highest BCUT2D eigenvalue weighted by atomic mass is 19.1. The normalized spacial score (nSPS) is 20.1. The molecule has 6 heteroatoms. The SMILES string of the molecule is CNc1cccc(OCC(=O)N2CC(C)N(Cc3ccc(F)cc3)CC2C)c1. The third-order valence-corrected chi connectivity index (χ3v) is 5.22. The Hall–Kier alpha value is -2.60. The van der Waals surface area contributed by atoms with E-state index >= 15 is 0 Å². The van der Waals surface area contributed by atoms with Gasteiger partial charge in [-0.25, -0.2) is 4.39 Å². The first-order chi connectivity index (χ1) is 13.5. The van der Waals surface area contributed by atoms with E-state index in [0.717, 1.165) is 24.3 Å². The van der Waals surface area contributed by atoms with Crippen LogP contribution in [0, 0.1) is 5.82 Å². The highest BCUT2D eigenvalue weighted by Gasteiger charge is 2.32. The van der Waals surface area contributed by atoms with E-state index in [9.17, 15) is 9.18 Å². The third-order valence-electron chi connectivity index (χ3n) is 5.22. The average Bonchev–Trinajstić information content (AvgIpc) is 2.70. The van der Waals surface area contributed by atoms with E-state index in [1.165, 1.54) is 12.1 Å². The van der Waals surface area contributed by atoms with Crippen LogP contribution in [-0.2, 0) is 11.3 Å². The molecule has 150 valence electrons. The van der Waals surface area contributed by atoms with E-state index in [1.54, 1.807) is 0 Å². The highest BCUT2D eigenvalue weighted by Crippen LogP contribution is 2.20. The zero-order valence-corrected chi connectivity index (χ0v) is 16.7. The number of nitrogens with one attached hydrogen (secondary N) is 1. The molecule has 1 saturated heterocycles. The van der Waals surface area contributed by atoms with E-state index in [4.69, 9.17) is 4.74 Å². The van der Waals surface area contributed by atoms with Gasteiger partial charge in [0, 0.05) is 50.5 Å². The Labute approximate surface area is 166 Å². The van der Waals surface area contributed by atoms with Gasteiger partial charge >= 0.3 is 0 Å². The lowest BCUT2D eigenvalue weighted by Crippen LogP contribution is -2.58. The minimum Gasteiger partial charge on any atom is -0.484 e. The van der Waals surface area contributed by atoms with E-state index in [-0.39, 0.29) is 30.4 Å². The molecule has 0 saturated carbocycles. The fourth-order valence-corrected chi connectivity index (χ4v) is 3.56. The molecule has 2 aromatic rings. The van der Waals surface area contributed by atoms with Gasteiger partial charge in [-0.15, -0.1) is 0 Å². The number of carbonyl (C=O) groups excluding carboxylic acids is 1. The summed E-state index contributed by atoms with van der Waals surface area (Å²) in [6.07, 6.45) is 0. The molecule has 0 aliphatic carbocycles. The van der Waals surface area contributed by atoms with Gasteiger partial charge in [-0.1, -0.05) is 18.2 Å². The third kappa shape index (κ3) is 5.01. The predicted molar refractivity (Wildman–Crippen MR) is 109 cm³/mol. The topological polar surface area (TPSA) is 44.8 Å². The molecule has 3 rings (SSSR count). The molecule has 0 bridgehead atoms. The molecule has 28 heavy (non-hydrogen) atoms. The van der Waals surface area contributed by atoms with Gasteiger partial charge in [0.05, 0.1) is 0 Å². The van der Waals surface area contributed by atoms with Crippen molar-refractivity contribution in [3.05, 3.63) is 59.9 Å². The summed E-state index contributed by atoms with van der Waals surface area (Å²) >= 11 is 0. The Morgan fingerprint density at radius 3 is 2.61 bits per heavy atom. The second kappa shape index (κ2) is 9.06. The van der Waals surface area contributed by atoms with Gasteiger partial charge in [-0.2, -0.15) is 0 Å². The Bertz CT molecular complexity index is 797. The predicted octanol–water partition coefficient (Wildman–Crippen LogP) is 3.37. The van der Waals surface area contributed by atoms with Gasteiger partial charge in [0.15, 0.2) is 6.61 Å². The van der Waals surface area contributed by atoms with Crippen LogP contribution in [-0.4, -0.2) is 54.5 Å². The van der Waals surface area contributed by atoms with Gasteiger partial charge < -0.3 is 15.0 Å². The smallest absolute Gasteiger partial charge is 0.260 e. The van der Waals surface area contributed by atoms with E-state index in [1.807, 2.05) is 48.3 Å². The van der Waals surface area contributed by atoms with Crippen LogP contribution in [0.3, 0.4) is 0 Å². The second-order valence-electron chi connectivity index (χ2n) is 7.37. The van der Waals surface area contributed by atoms with Crippen LogP contribution in [0.25, 0.3) is 0 Å². The lowest BCUT2D eigenvalue weighted by molar-refractivity contribution is -0.139. The number of rotatable bonds is 6. The lowest BCUT2D eigenvalue weighted by atomic mass is 10.1. The van der Waals surface area contributed by atoms with Crippen LogP contribution in [0.1, 0.15) is 19.4 Å². The Morgan fingerprint density at radius 1 is 1.14 bits per heavy atom. The van der Waals surface area contributed by atoms with Crippen molar-refractivity contribution in [3.63, 3.8) is 0 Å².